The number of hydrogen-bond donors (Lipinski definition) is 1. The van der Waals surface area contributed by atoms with Crippen LogP contribution in [-0.2, 0) is 11.2 Å². The van der Waals surface area contributed by atoms with Gasteiger partial charge in [0.05, 0.1) is 24.7 Å². The average Bonchev–Trinajstić information content (AvgIpc) is 2.76. The second-order valence-corrected chi connectivity index (χ2v) is 7.83. The quantitative estimate of drug-likeness (QED) is 0.890. The van der Waals surface area contributed by atoms with Crippen molar-refractivity contribution >= 4 is 17.5 Å². The number of rotatable bonds is 3. The van der Waals surface area contributed by atoms with E-state index in [2.05, 4.69) is 19.2 Å². The zero-order chi connectivity index (χ0) is 17.2. The largest absolute Gasteiger partial charge is 0.489 e. The monoisotopic (exact) mass is 351 g/mol. The summed E-state index contributed by atoms with van der Waals surface area (Å²) in [5, 5.41) is 3.73. The van der Waals surface area contributed by atoms with Crippen molar-refractivity contribution in [2.24, 2.45) is 5.92 Å². The lowest BCUT2D eigenvalue weighted by atomic mass is 9.78. The van der Waals surface area contributed by atoms with Crippen molar-refractivity contribution in [3.05, 3.63) is 22.7 Å². The van der Waals surface area contributed by atoms with Gasteiger partial charge in [-0.1, -0.05) is 18.5 Å². The highest BCUT2D eigenvalue weighted by Crippen LogP contribution is 2.38. The maximum atomic E-state index is 12.5. The molecule has 0 radical (unpaired) electrons. The van der Waals surface area contributed by atoms with E-state index in [1.807, 2.05) is 6.07 Å². The van der Waals surface area contributed by atoms with Gasteiger partial charge in [-0.3, -0.25) is 4.79 Å². The Labute approximate surface area is 148 Å². The third kappa shape index (κ3) is 4.15. The molecule has 0 spiro atoms. The van der Waals surface area contributed by atoms with Crippen LogP contribution in [0.4, 0.5) is 0 Å². The molecule has 0 bridgehead atoms. The van der Waals surface area contributed by atoms with Gasteiger partial charge in [0.1, 0.15) is 0 Å². The highest BCUT2D eigenvalue weighted by Gasteiger charge is 2.31. The zero-order valence-corrected chi connectivity index (χ0v) is 15.2. The number of hydrogen-bond acceptors (Lipinski definition) is 3. The molecule has 2 aliphatic rings. The van der Waals surface area contributed by atoms with Gasteiger partial charge in [-0.15, -0.1) is 0 Å². The standard InChI is InChI=1S/C19H26ClNO3/c1-13-4-6-19(2,7-5-13)21-17(22)12-14-10-15(20)18-16(11-14)23-8-3-9-24-18/h10-11,13H,3-9,12H2,1-2H3,(H,21,22). The fraction of sp³-hybridized carbons (Fsp3) is 0.632. The summed E-state index contributed by atoms with van der Waals surface area (Å²) in [4.78, 5) is 12.5. The van der Waals surface area contributed by atoms with Gasteiger partial charge in [0.2, 0.25) is 5.91 Å². The number of ether oxygens (including phenoxy) is 2. The van der Waals surface area contributed by atoms with Gasteiger partial charge in [-0.05, 0) is 56.2 Å². The molecule has 1 fully saturated rings. The third-order valence-electron chi connectivity index (χ3n) is 5.05. The van der Waals surface area contributed by atoms with Crippen LogP contribution in [0.15, 0.2) is 12.1 Å². The van der Waals surface area contributed by atoms with Crippen molar-refractivity contribution in [2.45, 2.75) is 57.9 Å². The Morgan fingerprint density at radius 3 is 2.75 bits per heavy atom. The minimum Gasteiger partial charge on any atom is -0.489 e. The fourth-order valence-corrected chi connectivity index (χ4v) is 3.76. The molecular formula is C19H26ClNO3. The molecule has 1 amide bonds. The smallest absolute Gasteiger partial charge is 0.224 e. The summed E-state index contributed by atoms with van der Waals surface area (Å²) in [6.45, 7) is 5.64. The van der Waals surface area contributed by atoms with Crippen LogP contribution in [0.3, 0.4) is 0 Å². The molecule has 0 saturated heterocycles. The maximum Gasteiger partial charge on any atom is 0.224 e. The van der Waals surface area contributed by atoms with E-state index in [1.165, 1.54) is 12.8 Å². The first-order chi connectivity index (χ1) is 11.5. The number of nitrogens with one attached hydrogen (secondary N) is 1. The fourth-order valence-electron chi connectivity index (χ4n) is 3.48. The molecule has 3 rings (SSSR count). The van der Waals surface area contributed by atoms with E-state index >= 15 is 0 Å². The summed E-state index contributed by atoms with van der Waals surface area (Å²) in [6.07, 6.45) is 5.57. The molecule has 1 aliphatic carbocycles. The van der Waals surface area contributed by atoms with E-state index in [1.54, 1.807) is 6.07 Å². The first kappa shape index (κ1) is 17.4. The predicted octanol–water partition coefficient (Wildman–Crippen LogP) is 4.13. The average molecular weight is 352 g/mol. The summed E-state index contributed by atoms with van der Waals surface area (Å²) < 4.78 is 11.3. The molecule has 1 aromatic rings. The first-order valence-corrected chi connectivity index (χ1v) is 9.22. The van der Waals surface area contributed by atoms with E-state index in [4.69, 9.17) is 21.1 Å². The van der Waals surface area contributed by atoms with Crippen molar-refractivity contribution in [3.8, 4) is 11.5 Å². The first-order valence-electron chi connectivity index (χ1n) is 8.84. The predicted molar refractivity (Wildman–Crippen MR) is 94.9 cm³/mol. The van der Waals surface area contributed by atoms with Crippen LogP contribution in [0.2, 0.25) is 5.02 Å². The van der Waals surface area contributed by atoms with Crippen LogP contribution in [-0.4, -0.2) is 24.7 Å². The minimum absolute atomic E-state index is 0.0395. The second-order valence-electron chi connectivity index (χ2n) is 7.42. The Morgan fingerprint density at radius 1 is 1.29 bits per heavy atom. The second kappa shape index (κ2) is 7.22. The third-order valence-corrected chi connectivity index (χ3v) is 5.33. The van der Waals surface area contributed by atoms with Gasteiger partial charge in [0.15, 0.2) is 11.5 Å². The summed E-state index contributed by atoms with van der Waals surface area (Å²) in [5.41, 5.74) is 0.771. The molecule has 24 heavy (non-hydrogen) atoms. The lowest BCUT2D eigenvalue weighted by Gasteiger charge is -2.37. The van der Waals surface area contributed by atoms with E-state index in [0.29, 0.717) is 36.2 Å². The molecule has 1 aliphatic heterocycles. The van der Waals surface area contributed by atoms with Gasteiger partial charge in [0.25, 0.3) is 0 Å². The Hall–Kier alpha value is -1.42. The number of amides is 1. The molecule has 0 aromatic heterocycles. The molecule has 1 saturated carbocycles. The van der Waals surface area contributed by atoms with Crippen molar-refractivity contribution in [1.82, 2.24) is 5.32 Å². The van der Waals surface area contributed by atoms with Gasteiger partial charge in [0, 0.05) is 12.0 Å². The molecule has 132 valence electrons. The van der Waals surface area contributed by atoms with Crippen molar-refractivity contribution in [3.63, 3.8) is 0 Å². The normalized spacial score (nSPS) is 26.5. The number of halogens is 1. The Morgan fingerprint density at radius 2 is 2.00 bits per heavy atom. The van der Waals surface area contributed by atoms with Crippen molar-refractivity contribution in [1.29, 1.82) is 0 Å². The van der Waals surface area contributed by atoms with Crippen LogP contribution in [0.1, 0.15) is 51.5 Å². The van der Waals surface area contributed by atoms with Crippen molar-refractivity contribution < 1.29 is 14.3 Å². The van der Waals surface area contributed by atoms with Crippen LogP contribution in [0.25, 0.3) is 0 Å². The highest BCUT2D eigenvalue weighted by molar-refractivity contribution is 6.32. The molecule has 1 heterocycles. The maximum absolute atomic E-state index is 12.5. The van der Waals surface area contributed by atoms with Crippen LogP contribution in [0.5, 0.6) is 11.5 Å². The minimum atomic E-state index is -0.0846. The van der Waals surface area contributed by atoms with Gasteiger partial charge in [-0.25, -0.2) is 0 Å². The van der Waals surface area contributed by atoms with Gasteiger partial charge in [-0.2, -0.15) is 0 Å². The molecule has 1 aromatic carbocycles. The number of benzene rings is 1. The number of carbonyl (C=O) groups is 1. The van der Waals surface area contributed by atoms with Crippen LogP contribution < -0.4 is 14.8 Å². The van der Waals surface area contributed by atoms with Crippen molar-refractivity contribution in [2.75, 3.05) is 13.2 Å². The molecule has 5 heteroatoms. The Balaban J connectivity index is 1.66. The van der Waals surface area contributed by atoms with Crippen LogP contribution >= 0.6 is 11.6 Å². The molecule has 0 atom stereocenters. The summed E-state index contributed by atoms with van der Waals surface area (Å²) in [6, 6.07) is 3.68. The van der Waals surface area contributed by atoms with Crippen LogP contribution in [0, 0.1) is 5.92 Å². The van der Waals surface area contributed by atoms with E-state index < -0.39 is 0 Å². The van der Waals surface area contributed by atoms with E-state index in [9.17, 15) is 4.79 Å². The number of fused-ring (bicyclic) bond motifs is 1. The lowest BCUT2D eigenvalue weighted by molar-refractivity contribution is -0.122. The van der Waals surface area contributed by atoms with E-state index in [-0.39, 0.29) is 11.4 Å². The lowest BCUT2D eigenvalue weighted by Crippen LogP contribution is -2.48. The zero-order valence-electron chi connectivity index (χ0n) is 14.5. The number of carbonyl (C=O) groups excluding carboxylic acids is 1. The molecule has 0 unspecified atom stereocenters. The molecular weight excluding hydrogens is 326 g/mol. The SMILES string of the molecule is CC1CCC(C)(NC(=O)Cc2cc(Cl)c3c(c2)OCCCO3)CC1. The van der Waals surface area contributed by atoms with Gasteiger partial charge >= 0.3 is 0 Å². The summed E-state index contributed by atoms with van der Waals surface area (Å²) in [7, 11) is 0. The highest BCUT2D eigenvalue weighted by atomic mass is 35.5. The Bertz CT molecular complexity index is 609. The molecule has 1 N–H and O–H groups in total. The summed E-state index contributed by atoms with van der Waals surface area (Å²) in [5.74, 6) is 2.03. The van der Waals surface area contributed by atoms with Gasteiger partial charge < -0.3 is 14.8 Å². The Kier molecular flexibility index (Phi) is 5.24. The van der Waals surface area contributed by atoms with E-state index in [0.717, 1.165) is 30.7 Å². The summed E-state index contributed by atoms with van der Waals surface area (Å²) >= 11 is 6.30. The topological polar surface area (TPSA) is 47.6 Å². The molecule has 4 nitrogen and oxygen atoms in total.